The molecule has 1 aromatic carbocycles. The summed E-state index contributed by atoms with van der Waals surface area (Å²) in [4.78, 5) is 51.0. The number of guanidine groups is 1. The number of nitrogens with zero attached hydrogens (tertiary/aromatic N) is 1. The van der Waals surface area contributed by atoms with E-state index in [1.54, 1.807) is 30.3 Å². The quantitative estimate of drug-likeness (QED) is 0.0647. The van der Waals surface area contributed by atoms with Crippen LogP contribution >= 0.6 is 0 Å². The van der Waals surface area contributed by atoms with Crippen LogP contribution in [0.15, 0.2) is 35.3 Å². The largest absolute Gasteiger partial charge is 0.481 e. The molecule has 0 saturated heterocycles. The number of hydrazine groups is 1. The number of urea groups is 1. The average Bonchev–Trinajstić information content (AvgIpc) is 2.78. The summed E-state index contributed by atoms with van der Waals surface area (Å²) in [5, 5.41) is 23.4. The maximum Gasteiger partial charge on any atom is 0.329 e. The number of aliphatic carboxylic acids is 2. The third kappa shape index (κ3) is 12.9. The molecule has 0 radical (unpaired) electrons. The highest BCUT2D eigenvalue weighted by molar-refractivity contribution is 5.90. The zero-order chi connectivity index (χ0) is 25.3. The number of aliphatic imine (C=N–C) groups is 1. The third-order valence-corrected chi connectivity index (χ3v) is 4.62. The van der Waals surface area contributed by atoms with E-state index in [4.69, 9.17) is 16.6 Å². The minimum atomic E-state index is -1.38. The van der Waals surface area contributed by atoms with Crippen LogP contribution in [0.25, 0.3) is 0 Å². The van der Waals surface area contributed by atoms with Crippen molar-refractivity contribution in [3.05, 3.63) is 35.9 Å². The Labute approximate surface area is 197 Å². The lowest BCUT2D eigenvalue weighted by molar-refractivity contribution is -0.143. The Bertz CT molecular complexity index is 830. The molecular formula is C21H33N7O6. The number of nitrogens with one attached hydrogen (secondary N) is 4. The smallest absolute Gasteiger partial charge is 0.329 e. The lowest BCUT2D eigenvalue weighted by atomic mass is 10.1. The van der Waals surface area contributed by atoms with Gasteiger partial charge in [-0.2, -0.15) is 0 Å². The van der Waals surface area contributed by atoms with E-state index >= 15 is 0 Å². The van der Waals surface area contributed by atoms with Gasteiger partial charge in [0.2, 0.25) is 5.91 Å². The van der Waals surface area contributed by atoms with Gasteiger partial charge in [-0.25, -0.2) is 15.0 Å². The van der Waals surface area contributed by atoms with E-state index in [9.17, 15) is 24.3 Å². The molecule has 0 aliphatic rings. The van der Waals surface area contributed by atoms with Crippen LogP contribution in [0.5, 0.6) is 0 Å². The number of rotatable bonds is 16. The summed E-state index contributed by atoms with van der Waals surface area (Å²) >= 11 is 0. The van der Waals surface area contributed by atoms with Gasteiger partial charge < -0.3 is 32.3 Å². The summed E-state index contributed by atoms with van der Waals surface area (Å²) in [6.07, 6.45) is 2.59. The Morgan fingerprint density at radius 3 is 2.24 bits per heavy atom. The first-order valence-corrected chi connectivity index (χ1v) is 10.8. The summed E-state index contributed by atoms with van der Waals surface area (Å²) in [7, 11) is 0. The summed E-state index contributed by atoms with van der Waals surface area (Å²) in [5.74, 6) is -3.39. The lowest BCUT2D eigenvalue weighted by Gasteiger charge is -2.21. The van der Waals surface area contributed by atoms with Gasteiger partial charge in [0.15, 0.2) is 5.96 Å². The fourth-order valence-corrected chi connectivity index (χ4v) is 2.90. The van der Waals surface area contributed by atoms with Gasteiger partial charge in [-0.3, -0.25) is 20.0 Å². The van der Waals surface area contributed by atoms with Crippen LogP contribution in [-0.4, -0.2) is 65.2 Å². The highest BCUT2D eigenvalue weighted by Gasteiger charge is 2.27. The maximum absolute atomic E-state index is 12.5. The van der Waals surface area contributed by atoms with E-state index in [2.05, 4.69) is 26.5 Å². The van der Waals surface area contributed by atoms with E-state index in [1.165, 1.54) is 0 Å². The first-order chi connectivity index (χ1) is 16.2. The highest BCUT2D eigenvalue weighted by atomic mass is 16.4. The molecule has 1 aromatic rings. The fourth-order valence-electron chi connectivity index (χ4n) is 2.90. The van der Waals surface area contributed by atoms with Crippen molar-refractivity contribution in [2.75, 3.05) is 13.1 Å². The Hall–Kier alpha value is -3.87. The van der Waals surface area contributed by atoms with Crippen LogP contribution in [-0.2, 0) is 20.8 Å². The number of carboxylic acids is 2. The van der Waals surface area contributed by atoms with Crippen LogP contribution < -0.4 is 33.0 Å². The first kappa shape index (κ1) is 28.2. The first-order valence-electron chi connectivity index (χ1n) is 10.8. The van der Waals surface area contributed by atoms with Crippen LogP contribution in [0.3, 0.4) is 0 Å². The number of amides is 3. The lowest BCUT2D eigenvalue weighted by Crippen LogP contribution is -2.57. The number of nitrogens with two attached hydrogens (primary N) is 2. The highest BCUT2D eigenvalue weighted by Crippen LogP contribution is 2.04. The molecule has 0 aromatic heterocycles. The molecule has 10 N–H and O–H groups in total. The second kappa shape index (κ2) is 15.9. The Morgan fingerprint density at radius 1 is 0.941 bits per heavy atom. The van der Waals surface area contributed by atoms with Gasteiger partial charge >= 0.3 is 18.0 Å². The van der Waals surface area contributed by atoms with Crippen LogP contribution in [0.1, 0.15) is 37.7 Å². The van der Waals surface area contributed by atoms with Crippen LogP contribution in [0.4, 0.5) is 4.79 Å². The molecule has 3 amide bonds. The van der Waals surface area contributed by atoms with Crippen molar-refractivity contribution < 1.29 is 29.4 Å². The van der Waals surface area contributed by atoms with Crippen molar-refractivity contribution in [1.29, 1.82) is 0 Å². The van der Waals surface area contributed by atoms with Crippen molar-refractivity contribution in [1.82, 2.24) is 21.5 Å². The summed E-state index contributed by atoms with van der Waals surface area (Å²) in [5.41, 5.74) is 15.7. The molecule has 2 atom stereocenters. The minimum absolute atomic E-state index is 0.0155. The molecular weight excluding hydrogens is 446 g/mol. The van der Waals surface area contributed by atoms with Crippen molar-refractivity contribution >= 4 is 29.8 Å². The molecule has 0 bridgehead atoms. The number of carbonyl (C=O) groups is 4. The number of unbranched alkanes of at least 4 members (excludes halogenated alkanes) is 3. The molecule has 13 heteroatoms. The zero-order valence-electron chi connectivity index (χ0n) is 18.8. The molecule has 1 rings (SSSR count). The maximum atomic E-state index is 12.5. The average molecular weight is 480 g/mol. The van der Waals surface area contributed by atoms with Gasteiger partial charge in [0.1, 0.15) is 12.1 Å². The second-order valence-corrected chi connectivity index (χ2v) is 7.49. The molecule has 0 aliphatic carbocycles. The third-order valence-electron chi connectivity index (χ3n) is 4.62. The Balaban J connectivity index is 2.46. The molecule has 0 heterocycles. The Kier molecular flexibility index (Phi) is 13.1. The van der Waals surface area contributed by atoms with Crippen molar-refractivity contribution in [2.45, 2.75) is 50.6 Å². The summed E-state index contributed by atoms with van der Waals surface area (Å²) < 4.78 is 0. The molecule has 0 spiro atoms. The van der Waals surface area contributed by atoms with E-state index < -0.39 is 42.4 Å². The van der Waals surface area contributed by atoms with E-state index in [0.717, 1.165) is 19.3 Å². The van der Waals surface area contributed by atoms with Crippen molar-refractivity contribution in [3.8, 4) is 0 Å². The van der Waals surface area contributed by atoms with Gasteiger partial charge in [-0.05, 0) is 18.4 Å². The van der Waals surface area contributed by atoms with Crippen molar-refractivity contribution in [3.63, 3.8) is 0 Å². The van der Waals surface area contributed by atoms with Crippen LogP contribution in [0.2, 0.25) is 0 Å². The van der Waals surface area contributed by atoms with Gasteiger partial charge in [0.25, 0.3) is 0 Å². The van der Waals surface area contributed by atoms with Gasteiger partial charge in [-0.1, -0.05) is 43.2 Å². The number of hydrogen-bond donors (Lipinski definition) is 8. The molecule has 0 aliphatic heterocycles. The standard InChI is InChI=1S/C21H33N7O6/c22-20(23)24-10-6-1-2-7-11-25-21(34)28-27-15(13-17(29)30)18(31)26-16(19(32)33)12-14-8-4-3-5-9-14/h3-5,8-9,15-16,27H,1-2,6-7,10-13H2,(H,26,31)(H,29,30)(H,32,33)(H4,22,23,24)(H2,25,28,34)/t15-,16-/m0/s1. The van der Waals surface area contributed by atoms with E-state index in [-0.39, 0.29) is 12.4 Å². The molecule has 0 fully saturated rings. The number of benzene rings is 1. The van der Waals surface area contributed by atoms with Crippen LogP contribution in [0, 0.1) is 0 Å². The van der Waals surface area contributed by atoms with E-state index in [1.807, 2.05) is 0 Å². The van der Waals surface area contributed by atoms with Gasteiger partial charge in [0, 0.05) is 19.5 Å². The normalized spacial score (nSPS) is 12.1. The molecule has 34 heavy (non-hydrogen) atoms. The molecule has 188 valence electrons. The fraction of sp³-hybridized carbons (Fsp3) is 0.476. The topological polar surface area (TPSA) is 221 Å². The molecule has 0 saturated carbocycles. The summed E-state index contributed by atoms with van der Waals surface area (Å²) in [6, 6.07) is 5.38. The zero-order valence-corrected chi connectivity index (χ0v) is 18.8. The monoisotopic (exact) mass is 479 g/mol. The number of carbonyl (C=O) groups excluding carboxylic acids is 2. The number of hydrogen-bond acceptors (Lipinski definition) is 6. The molecule has 0 unspecified atom stereocenters. The predicted octanol–water partition coefficient (Wildman–Crippen LogP) is -0.721. The summed E-state index contributed by atoms with van der Waals surface area (Å²) in [6.45, 7) is 0.908. The predicted molar refractivity (Wildman–Crippen MR) is 125 cm³/mol. The SMILES string of the molecule is NC(N)=NCCCCCCNC(=O)NN[C@@H](CC(=O)O)C(=O)N[C@@H](Cc1ccccc1)C(=O)O. The van der Waals surface area contributed by atoms with Gasteiger partial charge in [-0.15, -0.1) is 0 Å². The van der Waals surface area contributed by atoms with E-state index in [0.29, 0.717) is 25.1 Å². The second-order valence-electron chi connectivity index (χ2n) is 7.49. The Morgan fingerprint density at radius 2 is 1.62 bits per heavy atom. The van der Waals surface area contributed by atoms with Gasteiger partial charge in [0.05, 0.1) is 6.42 Å². The molecule has 13 nitrogen and oxygen atoms in total. The van der Waals surface area contributed by atoms with Crippen molar-refractivity contribution in [2.24, 2.45) is 16.5 Å². The minimum Gasteiger partial charge on any atom is -0.481 e. The number of carboxylic acid groups (broad SMARTS) is 2.